The summed E-state index contributed by atoms with van der Waals surface area (Å²) in [6.07, 6.45) is 2.17. The summed E-state index contributed by atoms with van der Waals surface area (Å²) in [7, 11) is 1.41. The highest BCUT2D eigenvalue weighted by Gasteiger charge is 2.55. The summed E-state index contributed by atoms with van der Waals surface area (Å²) in [5.41, 5.74) is 2.01. The highest BCUT2D eigenvalue weighted by atomic mass is 19.1. The SMILES string of the molecule is CCCC(=O)Oc1c(OC)ccnc1C(=O)N[C@@H](C)c1noc(C2C(c3ccccc3)C2c2ccc(F)cc2)n1. The fourth-order valence-electron chi connectivity index (χ4n) is 4.92. The maximum Gasteiger partial charge on any atom is 0.311 e. The van der Waals surface area contributed by atoms with Gasteiger partial charge in [-0.3, -0.25) is 9.59 Å². The molecule has 0 bridgehead atoms. The Balaban J connectivity index is 1.35. The Kier molecular flexibility index (Phi) is 7.86. The summed E-state index contributed by atoms with van der Waals surface area (Å²) in [5.74, 6) is -0.451. The second kappa shape index (κ2) is 11.6. The molecule has 3 unspecified atom stereocenters. The van der Waals surface area contributed by atoms with Gasteiger partial charge >= 0.3 is 5.97 Å². The zero-order chi connectivity index (χ0) is 28.2. The molecular weight excluding hydrogens is 515 g/mol. The molecule has 9 nitrogen and oxygen atoms in total. The number of hydrogen-bond donors (Lipinski definition) is 1. The van der Waals surface area contributed by atoms with E-state index in [1.54, 1.807) is 19.1 Å². The molecule has 0 spiro atoms. The maximum atomic E-state index is 13.6. The summed E-state index contributed by atoms with van der Waals surface area (Å²) in [6, 6.07) is 17.3. The van der Waals surface area contributed by atoms with E-state index in [0.29, 0.717) is 12.3 Å². The maximum absolute atomic E-state index is 13.6. The van der Waals surface area contributed by atoms with Gasteiger partial charge in [0.2, 0.25) is 11.6 Å². The number of pyridine rings is 1. The fourth-order valence-corrected chi connectivity index (χ4v) is 4.92. The zero-order valence-corrected chi connectivity index (χ0v) is 22.3. The summed E-state index contributed by atoms with van der Waals surface area (Å²) in [6.45, 7) is 3.57. The van der Waals surface area contributed by atoms with Crippen LogP contribution in [0.2, 0.25) is 0 Å². The number of rotatable bonds is 10. The minimum absolute atomic E-state index is 0.0440. The molecule has 206 valence electrons. The van der Waals surface area contributed by atoms with Crippen molar-refractivity contribution < 1.29 is 28.0 Å². The van der Waals surface area contributed by atoms with Gasteiger partial charge in [0.05, 0.1) is 19.1 Å². The van der Waals surface area contributed by atoms with Gasteiger partial charge in [-0.2, -0.15) is 4.98 Å². The smallest absolute Gasteiger partial charge is 0.311 e. The molecule has 4 atom stereocenters. The number of esters is 1. The van der Waals surface area contributed by atoms with Gasteiger partial charge in [0.25, 0.3) is 5.91 Å². The van der Waals surface area contributed by atoms with Crippen molar-refractivity contribution in [3.8, 4) is 11.5 Å². The molecule has 5 rings (SSSR count). The number of carbonyl (C=O) groups is 2. The molecule has 1 fully saturated rings. The van der Waals surface area contributed by atoms with Gasteiger partial charge in [0.1, 0.15) is 5.82 Å². The Morgan fingerprint density at radius 3 is 2.40 bits per heavy atom. The third-order valence-electron chi connectivity index (χ3n) is 6.91. The lowest BCUT2D eigenvalue weighted by Crippen LogP contribution is -2.29. The number of carbonyl (C=O) groups excluding carboxylic acids is 2. The van der Waals surface area contributed by atoms with Crippen molar-refractivity contribution in [3.05, 3.63) is 101 Å². The number of amides is 1. The van der Waals surface area contributed by atoms with E-state index in [9.17, 15) is 14.0 Å². The molecular formula is C30H29FN4O5. The third kappa shape index (κ3) is 5.56. The molecule has 2 aromatic heterocycles. The summed E-state index contributed by atoms with van der Waals surface area (Å²) < 4.78 is 30.0. The Hall–Kier alpha value is -4.60. The monoisotopic (exact) mass is 544 g/mol. The number of aromatic nitrogens is 3. The number of benzene rings is 2. The Morgan fingerprint density at radius 1 is 1.02 bits per heavy atom. The molecule has 0 saturated heterocycles. The van der Waals surface area contributed by atoms with Gasteiger partial charge in [-0.05, 0) is 36.6 Å². The summed E-state index contributed by atoms with van der Waals surface area (Å²) >= 11 is 0. The number of halogens is 1. The average molecular weight is 545 g/mol. The highest BCUT2D eigenvalue weighted by Crippen LogP contribution is 2.65. The predicted molar refractivity (Wildman–Crippen MR) is 143 cm³/mol. The van der Waals surface area contributed by atoms with Crippen LogP contribution in [-0.2, 0) is 4.79 Å². The largest absolute Gasteiger partial charge is 0.493 e. The van der Waals surface area contributed by atoms with Gasteiger partial charge in [0.15, 0.2) is 17.3 Å². The second-order valence-corrected chi connectivity index (χ2v) is 9.64. The van der Waals surface area contributed by atoms with Gasteiger partial charge in [0, 0.05) is 30.5 Å². The molecule has 4 aromatic rings. The van der Waals surface area contributed by atoms with Gasteiger partial charge in [-0.15, -0.1) is 0 Å². The molecule has 0 radical (unpaired) electrons. The van der Waals surface area contributed by atoms with E-state index in [0.717, 1.165) is 11.1 Å². The van der Waals surface area contributed by atoms with Crippen LogP contribution in [-0.4, -0.2) is 34.1 Å². The number of hydrogen-bond acceptors (Lipinski definition) is 8. The molecule has 1 aliphatic rings. The van der Waals surface area contributed by atoms with E-state index >= 15 is 0 Å². The van der Waals surface area contributed by atoms with E-state index in [-0.39, 0.29) is 53.0 Å². The highest BCUT2D eigenvalue weighted by molar-refractivity contribution is 5.96. The van der Waals surface area contributed by atoms with Crippen LogP contribution in [0.15, 0.2) is 71.4 Å². The van der Waals surface area contributed by atoms with Crippen LogP contribution >= 0.6 is 0 Å². The Morgan fingerprint density at radius 2 is 1.73 bits per heavy atom. The minimum atomic E-state index is -0.643. The van der Waals surface area contributed by atoms with Gasteiger partial charge in [-0.25, -0.2) is 9.37 Å². The van der Waals surface area contributed by atoms with Gasteiger partial charge in [-0.1, -0.05) is 54.5 Å². The number of nitrogens with zero attached hydrogens (tertiary/aromatic N) is 3. The molecule has 2 heterocycles. The van der Waals surface area contributed by atoms with Crippen LogP contribution in [0.3, 0.4) is 0 Å². The standard InChI is InChI=1S/C30H29FN4O5/c1-4-8-22(36)39-27-21(38-3)15-16-32-26(27)29(37)33-17(2)28-34-30(40-35-28)25-23(18-9-6-5-7-10-18)24(25)19-11-13-20(31)14-12-19/h5-7,9-17,23-25H,4,8H2,1-3H3,(H,33,37)/t17-,23?,24?,25?/m0/s1. The lowest BCUT2D eigenvalue weighted by molar-refractivity contribution is -0.134. The van der Waals surface area contributed by atoms with Crippen LogP contribution in [0.5, 0.6) is 11.5 Å². The van der Waals surface area contributed by atoms with Crippen molar-refractivity contribution >= 4 is 11.9 Å². The van der Waals surface area contributed by atoms with E-state index in [2.05, 4.69) is 20.4 Å². The molecule has 0 aliphatic heterocycles. The molecule has 1 N–H and O–H groups in total. The molecule has 1 amide bonds. The van der Waals surface area contributed by atoms with Crippen LogP contribution in [0.25, 0.3) is 0 Å². The lowest BCUT2D eigenvalue weighted by Gasteiger charge is -2.14. The zero-order valence-electron chi connectivity index (χ0n) is 22.3. The minimum Gasteiger partial charge on any atom is -0.493 e. The summed E-state index contributed by atoms with van der Waals surface area (Å²) in [4.78, 5) is 34.1. The molecule has 40 heavy (non-hydrogen) atoms. The number of ether oxygens (including phenoxy) is 2. The topological polar surface area (TPSA) is 116 Å². The third-order valence-corrected chi connectivity index (χ3v) is 6.91. The molecule has 10 heteroatoms. The van der Waals surface area contributed by atoms with E-state index in [4.69, 9.17) is 14.0 Å². The van der Waals surface area contributed by atoms with Crippen LogP contribution in [0.4, 0.5) is 4.39 Å². The average Bonchev–Trinajstić information content (AvgIpc) is 3.50. The number of methoxy groups -OCH3 is 1. The fraction of sp³-hybridized carbons (Fsp3) is 0.300. The molecule has 1 aliphatic carbocycles. The Bertz CT molecular complexity index is 1490. The van der Waals surface area contributed by atoms with Gasteiger partial charge < -0.3 is 19.3 Å². The first kappa shape index (κ1) is 27.0. The number of nitrogens with one attached hydrogen (secondary N) is 1. The van der Waals surface area contributed by atoms with E-state index in [1.165, 1.54) is 31.5 Å². The first-order valence-corrected chi connectivity index (χ1v) is 13.1. The summed E-state index contributed by atoms with van der Waals surface area (Å²) in [5, 5.41) is 6.93. The van der Waals surface area contributed by atoms with Crippen LogP contribution in [0.1, 0.15) is 83.8 Å². The van der Waals surface area contributed by atoms with Crippen molar-refractivity contribution in [2.75, 3.05) is 7.11 Å². The van der Waals surface area contributed by atoms with Crippen molar-refractivity contribution in [1.82, 2.24) is 20.4 Å². The Labute approximate surface area is 230 Å². The van der Waals surface area contributed by atoms with Crippen LogP contribution < -0.4 is 14.8 Å². The van der Waals surface area contributed by atoms with Crippen molar-refractivity contribution in [3.63, 3.8) is 0 Å². The van der Waals surface area contributed by atoms with Crippen molar-refractivity contribution in [2.45, 2.75) is 50.5 Å². The normalized spacial score (nSPS) is 18.6. The lowest BCUT2D eigenvalue weighted by atomic mass is 10.0. The quantitative estimate of drug-likeness (QED) is 0.261. The molecule has 2 aromatic carbocycles. The van der Waals surface area contributed by atoms with E-state index in [1.807, 2.05) is 37.3 Å². The van der Waals surface area contributed by atoms with E-state index < -0.39 is 17.9 Å². The second-order valence-electron chi connectivity index (χ2n) is 9.64. The van der Waals surface area contributed by atoms with Crippen LogP contribution in [0, 0.1) is 5.82 Å². The molecule has 1 saturated carbocycles. The first-order valence-electron chi connectivity index (χ1n) is 13.1. The van der Waals surface area contributed by atoms with Crippen molar-refractivity contribution in [2.24, 2.45) is 0 Å². The first-order chi connectivity index (χ1) is 19.4. The predicted octanol–water partition coefficient (Wildman–Crippen LogP) is 5.47. The van der Waals surface area contributed by atoms with Crippen molar-refractivity contribution in [1.29, 1.82) is 0 Å².